The number of benzene rings is 1. The highest BCUT2D eigenvalue weighted by atomic mass is 35.5. The van der Waals surface area contributed by atoms with Gasteiger partial charge in [0.05, 0.1) is 54.4 Å². The Hall–Kier alpha value is -2.72. The minimum atomic E-state index is -0.162. The molecular weight excluding hydrogens is 490 g/mol. The van der Waals surface area contributed by atoms with Crippen molar-refractivity contribution < 1.29 is 24.2 Å². The summed E-state index contributed by atoms with van der Waals surface area (Å²) < 4.78 is 12.8. The van der Waals surface area contributed by atoms with E-state index < -0.39 is 0 Å². The third kappa shape index (κ3) is 4.06. The van der Waals surface area contributed by atoms with Gasteiger partial charge in [-0.2, -0.15) is 0 Å². The molecule has 1 N–H and O–H groups in total. The minimum absolute atomic E-state index is 0.00610. The molecule has 0 bridgehead atoms. The van der Waals surface area contributed by atoms with Crippen LogP contribution in [0.25, 0.3) is 21.3 Å². The molecular formula is C25H24ClN3O5S. The molecule has 0 unspecified atom stereocenters. The molecule has 3 aliphatic heterocycles. The van der Waals surface area contributed by atoms with Crippen LogP contribution in [0.4, 0.5) is 5.69 Å². The van der Waals surface area contributed by atoms with E-state index in [1.165, 1.54) is 16.2 Å². The number of likely N-dealkylation sites (tertiary alicyclic amines) is 1. The predicted molar refractivity (Wildman–Crippen MR) is 133 cm³/mol. The van der Waals surface area contributed by atoms with Crippen LogP contribution in [0.2, 0.25) is 5.02 Å². The summed E-state index contributed by atoms with van der Waals surface area (Å²) in [5.41, 5.74) is 3.68. The van der Waals surface area contributed by atoms with Crippen molar-refractivity contribution in [3.8, 4) is 16.9 Å². The molecule has 3 aromatic rings. The van der Waals surface area contributed by atoms with Crippen LogP contribution in [0.15, 0.2) is 30.5 Å². The van der Waals surface area contributed by atoms with Gasteiger partial charge in [0.15, 0.2) is 0 Å². The summed E-state index contributed by atoms with van der Waals surface area (Å²) in [6, 6.07) is 7.83. The molecule has 6 rings (SSSR count). The molecule has 35 heavy (non-hydrogen) atoms. The molecule has 182 valence electrons. The molecule has 3 aliphatic rings. The molecule has 1 aromatic carbocycles. The number of carbonyl (C=O) groups excluding carboxylic acids is 2. The maximum atomic E-state index is 12.1. The number of nitrogens with zero attached hydrogens (tertiary/aromatic N) is 3. The average molecular weight is 514 g/mol. The van der Waals surface area contributed by atoms with Crippen molar-refractivity contribution in [2.24, 2.45) is 0 Å². The molecule has 2 atom stereocenters. The predicted octanol–water partition coefficient (Wildman–Crippen LogP) is 3.61. The molecule has 2 saturated heterocycles. The molecule has 2 fully saturated rings. The zero-order valence-electron chi connectivity index (χ0n) is 18.9. The number of hydrogen-bond acceptors (Lipinski definition) is 8. The smallest absolute Gasteiger partial charge is 0.230 e. The summed E-state index contributed by atoms with van der Waals surface area (Å²) in [5, 5.41) is 10.1. The van der Waals surface area contributed by atoms with Gasteiger partial charge >= 0.3 is 0 Å². The number of ether oxygens (including phenoxy) is 2. The van der Waals surface area contributed by atoms with E-state index in [-0.39, 0.29) is 50.0 Å². The fourth-order valence-corrected chi connectivity index (χ4v) is 6.52. The normalized spacial score (nSPS) is 22.2. The summed E-state index contributed by atoms with van der Waals surface area (Å²) in [5.74, 6) is 0.468. The Morgan fingerprint density at radius 3 is 2.77 bits per heavy atom. The number of halogens is 1. The molecule has 2 amide bonds. The van der Waals surface area contributed by atoms with Crippen LogP contribution >= 0.6 is 22.9 Å². The van der Waals surface area contributed by atoms with Crippen molar-refractivity contribution >= 4 is 50.7 Å². The second-order valence-electron chi connectivity index (χ2n) is 9.03. The number of aromatic nitrogens is 1. The van der Waals surface area contributed by atoms with Gasteiger partial charge in [-0.25, -0.2) is 0 Å². The molecule has 0 saturated carbocycles. The average Bonchev–Trinajstić information content (AvgIpc) is 3.58. The number of aliphatic hydroxyl groups is 1. The van der Waals surface area contributed by atoms with Crippen molar-refractivity contribution in [1.82, 2.24) is 9.88 Å². The van der Waals surface area contributed by atoms with E-state index >= 15 is 0 Å². The van der Waals surface area contributed by atoms with Crippen LogP contribution in [-0.2, 0) is 20.9 Å². The van der Waals surface area contributed by atoms with Crippen LogP contribution in [0.3, 0.4) is 0 Å². The Bertz CT molecular complexity index is 1310. The zero-order chi connectivity index (χ0) is 24.1. The number of rotatable bonds is 5. The fourth-order valence-electron chi connectivity index (χ4n) is 5.18. The topological polar surface area (TPSA) is 92.2 Å². The zero-order valence-corrected chi connectivity index (χ0v) is 20.5. The molecule has 10 heteroatoms. The Morgan fingerprint density at radius 1 is 1.17 bits per heavy atom. The SMILES string of the molecule is O=C1CCC(=O)N1Cc1cc2nccc(-c3cc(Cl)cc4c3N([C@H]3CO[C@@H](CO)C3)CCO4)c2s1. The lowest BCUT2D eigenvalue weighted by atomic mass is 9.99. The van der Waals surface area contributed by atoms with Gasteiger partial charge in [-0.1, -0.05) is 11.6 Å². The van der Waals surface area contributed by atoms with Gasteiger partial charge in [-0.15, -0.1) is 11.3 Å². The van der Waals surface area contributed by atoms with Crippen LogP contribution in [0, 0.1) is 0 Å². The number of amides is 2. The highest BCUT2D eigenvalue weighted by Gasteiger charge is 2.35. The second-order valence-corrected chi connectivity index (χ2v) is 10.6. The first-order valence-electron chi connectivity index (χ1n) is 11.7. The maximum absolute atomic E-state index is 12.1. The third-order valence-corrected chi connectivity index (χ3v) is 8.20. The van der Waals surface area contributed by atoms with Crippen molar-refractivity contribution in [3.63, 3.8) is 0 Å². The Kier molecular flexibility index (Phi) is 5.88. The van der Waals surface area contributed by atoms with Crippen molar-refractivity contribution in [3.05, 3.63) is 40.4 Å². The van der Waals surface area contributed by atoms with E-state index in [0.29, 0.717) is 24.8 Å². The van der Waals surface area contributed by atoms with E-state index in [1.807, 2.05) is 24.3 Å². The van der Waals surface area contributed by atoms with Gasteiger partial charge in [-0.05, 0) is 24.6 Å². The van der Waals surface area contributed by atoms with E-state index in [2.05, 4.69) is 9.88 Å². The third-order valence-electron chi connectivity index (χ3n) is 6.84. The number of thiophene rings is 1. The van der Waals surface area contributed by atoms with Gasteiger partial charge in [0.25, 0.3) is 0 Å². The summed E-state index contributed by atoms with van der Waals surface area (Å²) in [4.78, 5) is 33.4. The van der Waals surface area contributed by atoms with E-state index in [1.54, 1.807) is 6.20 Å². The highest BCUT2D eigenvalue weighted by Crippen LogP contribution is 2.47. The maximum Gasteiger partial charge on any atom is 0.230 e. The van der Waals surface area contributed by atoms with Gasteiger partial charge in [0.2, 0.25) is 11.8 Å². The fraction of sp³-hybridized carbons (Fsp3) is 0.400. The number of carbonyl (C=O) groups is 2. The van der Waals surface area contributed by atoms with E-state index in [9.17, 15) is 14.7 Å². The second kappa shape index (κ2) is 9.05. The molecule has 8 nitrogen and oxygen atoms in total. The number of pyridine rings is 1. The van der Waals surface area contributed by atoms with Crippen molar-refractivity contribution in [2.45, 2.75) is 38.0 Å². The molecule has 2 aromatic heterocycles. The molecule has 0 radical (unpaired) electrons. The van der Waals surface area contributed by atoms with Crippen molar-refractivity contribution in [1.29, 1.82) is 0 Å². The van der Waals surface area contributed by atoms with Gasteiger partial charge < -0.3 is 19.5 Å². The summed E-state index contributed by atoms with van der Waals surface area (Å²) in [7, 11) is 0. The largest absolute Gasteiger partial charge is 0.489 e. The van der Waals surface area contributed by atoms with E-state index in [4.69, 9.17) is 21.1 Å². The summed E-state index contributed by atoms with van der Waals surface area (Å²) in [6.45, 7) is 2.06. The minimum Gasteiger partial charge on any atom is -0.489 e. The number of imide groups is 1. The Morgan fingerprint density at radius 2 is 2.00 bits per heavy atom. The van der Waals surface area contributed by atoms with Crippen molar-refractivity contribution in [2.75, 3.05) is 31.3 Å². The monoisotopic (exact) mass is 513 g/mol. The van der Waals surface area contributed by atoms with Crippen LogP contribution in [0.1, 0.15) is 24.1 Å². The highest BCUT2D eigenvalue weighted by molar-refractivity contribution is 7.19. The molecule has 0 aliphatic carbocycles. The van der Waals surface area contributed by atoms with Gasteiger partial charge in [0, 0.05) is 46.1 Å². The first kappa shape index (κ1) is 22.7. The number of anilines is 1. The lowest BCUT2D eigenvalue weighted by Crippen LogP contribution is -2.42. The summed E-state index contributed by atoms with van der Waals surface area (Å²) in [6.07, 6.45) is 2.90. The Balaban J connectivity index is 1.43. The Labute approximate surface area is 211 Å². The van der Waals surface area contributed by atoms with Crippen LogP contribution < -0.4 is 9.64 Å². The number of aliphatic hydroxyl groups excluding tert-OH is 1. The first-order chi connectivity index (χ1) is 17.0. The summed E-state index contributed by atoms with van der Waals surface area (Å²) >= 11 is 8.07. The van der Waals surface area contributed by atoms with Gasteiger partial charge in [0.1, 0.15) is 12.4 Å². The quantitative estimate of drug-likeness (QED) is 0.521. The first-order valence-corrected chi connectivity index (χ1v) is 12.9. The number of hydrogen-bond donors (Lipinski definition) is 1. The van der Waals surface area contributed by atoms with E-state index in [0.717, 1.165) is 44.1 Å². The lowest BCUT2D eigenvalue weighted by molar-refractivity contribution is -0.138. The molecule has 5 heterocycles. The molecule has 0 spiro atoms. The van der Waals surface area contributed by atoms with Crippen LogP contribution in [-0.4, -0.2) is 65.3 Å². The number of fused-ring (bicyclic) bond motifs is 2. The van der Waals surface area contributed by atoms with Crippen LogP contribution in [0.5, 0.6) is 5.75 Å². The lowest BCUT2D eigenvalue weighted by Gasteiger charge is -2.37. The standard InChI is InChI=1S/C25H24ClN3O5S/c26-14-7-19(24-21(8-14)33-6-5-28(24)15-9-16(12-30)34-13-15)18-3-4-27-20-10-17(35-25(18)20)11-29-22(31)1-2-23(29)32/h3-4,7-8,10,15-16,30H,1-2,5-6,9,11-13H2/t15-,16-/m1/s1. The van der Waals surface area contributed by atoms with Gasteiger partial charge in [-0.3, -0.25) is 19.5 Å².